The zero-order valence-corrected chi connectivity index (χ0v) is 15.4. The molecule has 0 radical (unpaired) electrons. The van der Waals surface area contributed by atoms with Gasteiger partial charge in [0, 0.05) is 25.7 Å². The molecule has 0 aromatic carbocycles. The van der Waals surface area contributed by atoms with E-state index in [0.29, 0.717) is 11.8 Å². The first-order chi connectivity index (χ1) is 11.1. The summed E-state index contributed by atoms with van der Waals surface area (Å²) >= 11 is 0. The molecule has 0 unspecified atom stereocenters. The molecule has 3 atom stereocenters. The number of nitrogens with zero attached hydrogens (tertiary/aromatic N) is 2. The van der Waals surface area contributed by atoms with Gasteiger partial charge in [-0.1, -0.05) is 13.8 Å². The Morgan fingerprint density at radius 2 is 1.88 bits per heavy atom. The van der Waals surface area contributed by atoms with Crippen molar-refractivity contribution in [2.75, 3.05) is 26.2 Å². The van der Waals surface area contributed by atoms with Crippen LogP contribution in [0.2, 0.25) is 0 Å². The van der Waals surface area contributed by atoms with Crippen LogP contribution in [-0.4, -0.2) is 65.4 Å². The molecule has 2 aliphatic heterocycles. The molecular weight excluding hydrogens is 308 g/mol. The van der Waals surface area contributed by atoms with Gasteiger partial charge in [-0.25, -0.2) is 4.79 Å². The average molecular weight is 338 g/mol. The van der Waals surface area contributed by atoms with Gasteiger partial charge in [0.25, 0.3) is 5.91 Å². The van der Waals surface area contributed by atoms with Crippen LogP contribution in [0.15, 0.2) is 0 Å². The molecule has 0 aromatic rings. The molecule has 7 heteroatoms. The van der Waals surface area contributed by atoms with Gasteiger partial charge in [-0.05, 0) is 39.0 Å². The molecule has 2 heterocycles. The lowest BCUT2D eigenvalue weighted by Gasteiger charge is -2.36. The van der Waals surface area contributed by atoms with Crippen LogP contribution in [0, 0.1) is 11.8 Å². The lowest BCUT2D eigenvalue weighted by molar-refractivity contribution is -0.127. The van der Waals surface area contributed by atoms with E-state index in [2.05, 4.69) is 29.4 Å². The van der Waals surface area contributed by atoms with Crippen molar-refractivity contribution in [2.45, 2.75) is 52.6 Å². The second-order valence-electron chi connectivity index (χ2n) is 8.04. The van der Waals surface area contributed by atoms with E-state index in [1.54, 1.807) is 13.8 Å². The van der Waals surface area contributed by atoms with Crippen LogP contribution in [0.5, 0.6) is 0 Å². The molecule has 0 aliphatic carbocycles. The minimum absolute atomic E-state index is 0.000483. The minimum Gasteiger partial charge on any atom is -0.351 e. The number of hydrogen-bond acceptors (Lipinski definition) is 4. The Morgan fingerprint density at radius 3 is 2.38 bits per heavy atom. The van der Waals surface area contributed by atoms with Gasteiger partial charge in [-0.15, -0.1) is 0 Å². The summed E-state index contributed by atoms with van der Waals surface area (Å²) in [5.74, 6) is 0.747. The fourth-order valence-electron chi connectivity index (χ4n) is 3.80. The first-order valence-corrected chi connectivity index (χ1v) is 8.74. The second kappa shape index (κ2) is 7.09. The van der Waals surface area contributed by atoms with Crippen molar-refractivity contribution in [3.63, 3.8) is 0 Å². The highest BCUT2D eigenvalue weighted by Crippen LogP contribution is 2.21. The van der Waals surface area contributed by atoms with Gasteiger partial charge < -0.3 is 15.1 Å². The number of rotatable bonds is 5. The molecule has 0 saturated carbocycles. The number of likely N-dealkylation sites (tertiary alicyclic amines) is 1. The lowest BCUT2D eigenvalue weighted by atomic mass is 9.92. The van der Waals surface area contributed by atoms with Crippen LogP contribution < -0.4 is 10.6 Å². The molecule has 2 aliphatic rings. The van der Waals surface area contributed by atoms with E-state index in [1.807, 2.05) is 6.92 Å². The van der Waals surface area contributed by atoms with E-state index in [1.165, 1.54) is 11.3 Å². The number of piperidine rings is 1. The summed E-state index contributed by atoms with van der Waals surface area (Å²) in [5, 5.41) is 5.19. The lowest BCUT2D eigenvalue weighted by Crippen LogP contribution is -2.52. The summed E-state index contributed by atoms with van der Waals surface area (Å²) in [4.78, 5) is 39.5. The van der Waals surface area contributed by atoms with Crippen LogP contribution in [0.25, 0.3) is 0 Å². The van der Waals surface area contributed by atoms with Crippen LogP contribution in [0.4, 0.5) is 4.79 Å². The van der Waals surface area contributed by atoms with E-state index in [4.69, 9.17) is 0 Å². The van der Waals surface area contributed by atoms with Gasteiger partial charge in [0.1, 0.15) is 12.1 Å². The van der Waals surface area contributed by atoms with Gasteiger partial charge in [-0.2, -0.15) is 0 Å². The maximum Gasteiger partial charge on any atom is 0.325 e. The summed E-state index contributed by atoms with van der Waals surface area (Å²) in [6.45, 7) is 12.6. The largest absolute Gasteiger partial charge is 0.351 e. The second-order valence-corrected chi connectivity index (χ2v) is 8.04. The Bertz CT molecular complexity index is 510. The standard InChI is InChI=1S/C17H30N4O3/c1-11-6-12(2)8-20(7-11)9-13(3)18-14(22)10-21-16(24)19-15(23)17(21,4)5/h11-13H,6-10H2,1-5H3,(H,18,22)(H,19,23,24)/t11-,12-,13+/m1/s1. The maximum atomic E-state index is 12.3. The third-order valence-corrected chi connectivity index (χ3v) is 4.88. The number of carbonyl (C=O) groups excluding carboxylic acids is 3. The molecule has 2 N–H and O–H groups in total. The molecule has 4 amide bonds. The average Bonchev–Trinajstić information content (AvgIpc) is 2.60. The Labute approximate surface area is 144 Å². The monoisotopic (exact) mass is 338 g/mol. The third kappa shape index (κ3) is 4.26. The number of hydrogen-bond donors (Lipinski definition) is 2. The zero-order valence-electron chi connectivity index (χ0n) is 15.4. The van der Waals surface area contributed by atoms with Crippen LogP contribution in [0.3, 0.4) is 0 Å². The molecule has 0 spiro atoms. The molecule has 7 nitrogen and oxygen atoms in total. The quantitative estimate of drug-likeness (QED) is 0.727. The first-order valence-electron chi connectivity index (χ1n) is 8.74. The highest BCUT2D eigenvalue weighted by Gasteiger charge is 2.46. The van der Waals surface area contributed by atoms with Crippen molar-refractivity contribution in [1.29, 1.82) is 0 Å². The predicted octanol–water partition coefficient (Wildman–Crippen LogP) is 0.799. The van der Waals surface area contributed by atoms with Crippen molar-refractivity contribution in [3.05, 3.63) is 0 Å². The molecule has 24 heavy (non-hydrogen) atoms. The molecule has 2 fully saturated rings. The fraction of sp³-hybridized carbons (Fsp3) is 0.824. The normalized spacial score (nSPS) is 28.6. The van der Waals surface area contributed by atoms with E-state index in [9.17, 15) is 14.4 Å². The van der Waals surface area contributed by atoms with Gasteiger partial charge in [0.05, 0.1) is 0 Å². The van der Waals surface area contributed by atoms with Crippen molar-refractivity contribution in [2.24, 2.45) is 11.8 Å². The van der Waals surface area contributed by atoms with E-state index in [0.717, 1.165) is 19.6 Å². The van der Waals surface area contributed by atoms with Gasteiger partial charge >= 0.3 is 6.03 Å². The number of urea groups is 1. The Balaban J connectivity index is 1.83. The molecule has 0 aromatic heterocycles. The zero-order chi connectivity index (χ0) is 18.1. The van der Waals surface area contributed by atoms with Crippen LogP contribution >= 0.6 is 0 Å². The summed E-state index contributed by atoms with van der Waals surface area (Å²) < 4.78 is 0. The molecular formula is C17H30N4O3. The summed E-state index contributed by atoms with van der Waals surface area (Å²) in [7, 11) is 0. The van der Waals surface area contributed by atoms with Crippen molar-refractivity contribution in [1.82, 2.24) is 20.4 Å². The predicted molar refractivity (Wildman–Crippen MR) is 91.3 cm³/mol. The van der Waals surface area contributed by atoms with Gasteiger partial charge in [0.2, 0.25) is 5.91 Å². The Kier molecular flexibility index (Phi) is 5.52. The smallest absolute Gasteiger partial charge is 0.325 e. The van der Waals surface area contributed by atoms with Crippen molar-refractivity contribution in [3.8, 4) is 0 Å². The first kappa shape index (κ1) is 18.7. The summed E-state index contributed by atoms with van der Waals surface area (Å²) in [6.07, 6.45) is 1.25. The maximum absolute atomic E-state index is 12.3. The fourth-order valence-corrected chi connectivity index (χ4v) is 3.80. The van der Waals surface area contributed by atoms with Crippen molar-refractivity contribution >= 4 is 17.8 Å². The number of nitrogens with one attached hydrogen (secondary N) is 2. The van der Waals surface area contributed by atoms with Crippen LogP contribution in [0.1, 0.15) is 41.0 Å². The SMILES string of the molecule is C[C@@H]1C[C@@H](C)CN(C[C@H](C)NC(=O)CN2C(=O)NC(=O)C2(C)C)C1. The topological polar surface area (TPSA) is 81.8 Å². The minimum atomic E-state index is -0.991. The number of imide groups is 1. The van der Waals surface area contributed by atoms with Gasteiger partial charge in [0.15, 0.2) is 0 Å². The molecule has 136 valence electrons. The molecule has 0 bridgehead atoms. The Morgan fingerprint density at radius 1 is 1.29 bits per heavy atom. The Hall–Kier alpha value is -1.63. The van der Waals surface area contributed by atoms with E-state index < -0.39 is 11.6 Å². The molecule has 2 rings (SSSR count). The van der Waals surface area contributed by atoms with E-state index in [-0.39, 0.29) is 24.4 Å². The number of amides is 4. The third-order valence-electron chi connectivity index (χ3n) is 4.88. The highest BCUT2D eigenvalue weighted by atomic mass is 16.2. The summed E-state index contributed by atoms with van der Waals surface area (Å²) in [5.41, 5.74) is -0.991. The highest BCUT2D eigenvalue weighted by molar-refractivity contribution is 6.07. The summed E-state index contributed by atoms with van der Waals surface area (Å²) in [6, 6.07) is -0.508. The number of carbonyl (C=O) groups is 3. The van der Waals surface area contributed by atoms with E-state index >= 15 is 0 Å². The molecule has 2 saturated heterocycles. The van der Waals surface area contributed by atoms with Gasteiger partial charge in [-0.3, -0.25) is 14.9 Å². The van der Waals surface area contributed by atoms with Crippen LogP contribution in [-0.2, 0) is 9.59 Å². The van der Waals surface area contributed by atoms with Crippen molar-refractivity contribution < 1.29 is 14.4 Å².